The smallest absolute Gasteiger partial charge is 0.240 e. The van der Waals surface area contributed by atoms with Crippen LogP contribution in [0.15, 0.2) is 0 Å². The molecule has 1 saturated heterocycles. The van der Waals surface area contributed by atoms with Gasteiger partial charge in [0.25, 0.3) is 0 Å². The Kier molecular flexibility index (Phi) is 7.70. The third-order valence-electron chi connectivity index (χ3n) is 3.42. The molecule has 1 rings (SSSR count). The van der Waals surface area contributed by atoms with Crippen molar-refractivity contribution in [3.05, 3.63) is 0 Å². The first kappa shape index (κ1) is 15.8. The number of carbonyl (C=O) groups excluding carboxylic acids is 1. The molecule has 0 bridgehead atoms. The van der Waals surface area contributed by atoms with Gasteiger partial charge in [-0.15, -0.1) is 0 Å². The molecule has 1 fully saturated rings. The Morgan fingerprint density at radius 2 is 2.22 bits per heavy atom. The van der Waals surface area contributed by atoms with Gasteiger partial charge in [0, 0.05) is 37.7 Å². The molecule has 106 valence electrons. The van der Waals surface area contributed by atoms with Gasteiger partial charge in [-0.05, 0) is 12.8 Å². The molecule has 1 atom stereocenters. The van der Waals surface area contributed by atoms with Gasteiger partial charge in [0.1, 0.15) is 0 Å². The summed E-state index contributed by atoms with van der Waals surface area (Å²) in [6.45, 7) is 6.53. The van der Waals surface area contributed by atoms with Crippen LogP contribution in [0, 0.1) is 0 Å². The molecule has 1 aliphatic heterocycles. The summed E-state index contributed by atoms with van der Waals surface area (Å²) in [6, 6.07) is 0.322. The fourth-order valence-corrected chi connectivity index (χ4v) is 3.24. The van der Waals surface area contributed by atoms with Gasteiger partial charge in [-0.2, -0.15) is 11.8 Å². The van der Waals surface area contributed by atoms with E-state index in [2.05, 4.69) is 19.2 Å². The predicted molar refractivity (Wildman–Crippen MR) is 77.1 cm³/mol. The van der Waals surface area contributed by atoms with E-state index >= 15 is 0 Å². The van der Waals surface area contributed by atoms with Gasteiger partial charge < -0.3 is 15.0 Å². The zero-order valence-electron chi connectivity index (χ0n) is 11.8. The number of methoxy groups -OCH3 is 1. The van der Waals surface area contributed by atoms with Crippen LogP contribution in [-0.4, -0.2) is 61.2 Å². The predicted octanol–water partition coefficient (Wildman–Crippen LogP) is 1.35. The van der Waals surface area contributed by atoms with E-state index in [0.717, 1.165) is 30.9 Å². The van der Waals surface area contributed by atoms with Crippen LogP contribution in [0.25, 0.3) is 0 Å². The molecule has 0 radical (unpaired) electrons. The zero-order valence-corrected chi connectivity index (χ0v) is 12.6. The molecule has 4 nitrogen and oxygen atoms in total. The Morgan fingerprint density at radius 3 is 2.72 bits per heavy atom. The summed E-state index contributed by atoms with van der Waals surface area (Å²) < 4.78 is 5.13. The quantitative estimate of drug-likeness (QED) is 0.761. The highest BCUT2D eigenvalue weighted by Gasteiger charge is 2.29. The highest BCUT2D eigenvalue weighted by molar-refractivity contribution is 7.99. The molecule has 0 aromatic carbocycles. The maximum Gasteiger partial charge on any atom is 0.240 e. The minimum absolute atomic E-state index is 0.0128. The number of hydrogen-bond acceptors (Lipinski definition) is 4. The first-order valence-corrected chi connectivity index (χ1v) is 8.00. The van der Waals surface area contributed by atoms with E-state index in [1.165, 1.54) is 0 Å². The van der Waals surface area contributed by atoms with Crippen LogP contribution in [-0.2, 0) is 9.53 Å². The van der Waals surface area contributed by atoms with Crippen molar-refractivity contribution in [1.82, 2.24) is 10.2 Å². The third-order valence-corrected chi connectivity index (χ3v) is 4.48. The van der Waals surface area contributed by atoms with Crippen LogP contribution in [0.3, 0.4) is 0 Å². The van der Waals surface area contributed by atoms with Crippen molar-refractivity contribution in [2.24, 2.45) is 0 Å². The monoisotopic (exact) mass is 274 g/mol. The van der Waals surface area contributed by atoms with Crippen molar-refractivity contribution < 1.29 is 9.53 Å². The summed E-state index contributed by atoms with van der Waals surface area (Å²) in [6.07, 6.45) is 2.01. The number of nitrogens with zero attached hydrogens (tertiary/aromatic N) is 1. The summed E-state index contributed by atoms with van der Waals surface area (Å²) in [7, 11) is 1.68. The topological polar surface area (TPSA) is 41.6 Å². The minimum atomic E-state index is -0.0128. The summed E-state index contributed by atoms with van der Waals surface area (Å²) >= 11 is 1.86. The number of thioether (sulfide) groups is 1. The van der Waals surface area contributed by atoms with Crippen molar-refractivity contribution >= 4 is 17.7 Å². The summed E-state index contributed by atoms with van der Waals surface area (Å²) in [5.74, 6) is 2.24. The van der Waals surface area contributed by atoms with Crippen molar-refractivity contribution in [3.8, 4) is 0 Å². The van der Waals surface area contributed by atoms with E-state index in [1.807, 2.05) is 16.7 Å². The van der Waals surface area contributed by atoms with E-state index in [9.17, 15) is 4.79 Å². The highest BCUT2D eigenvalue weighted by atomic mass is 32.2. The summed E-state index contributed by atoms with van der Waals surface area (Å²) in [4.78, 5) is 14.6. The maximum absolute atomic E-state index is 12.6. The molecule has 18 heavy (non-hydrogen) atoms. The number of ether oxygens (including phenoxy) is 1. The fraction of sp³-hybridized carbons (Fsp3) is 0.923. The van der Waals surface area contributed by atoms with Gasteiger partial charge in [-0.25, -0.2) is 0 Å². The zero-order chi connectivity index (χ0) is 13.4. The molecular formula is C13H26N2O2S. The van der Waals surface area contributed by atoms with Crippen LogP contribution in [0.4, 0.5) is 0 Å². The van der Waals surface area contributed by atoms with E-state index in [0.29, 0.717) is 19.2 Å². The van der Waals surface area contributed by atoms with Crippen LogP contribution >= 0.6 is 11.8 Å². The lowest BCUT2D eigenvalue weighted by molar-refractivity contribution is -0.136. The Labute approximate surface area is 115 Å². The lowest BCUT2D eigenvalue weighted by Crippen LogP contribution is -2.54. The molecule has 1 amide bonds. The van der Waals surface area contributed by atoms with Gasteiger partial charge in [0.05, 0.1) is 12.6 Å². The molecule has 0 aliphatic carbocycles. The first-order valence-electron chi connectivity index (χ1n) is 6.85. The molecule has 0 saturated carbocycles. The molecule has 1 unspecified atom stereocenters. The number of hydrogen-bond donors (Lipinski definition) is 1. The summed E-state index contributed by atoms with van der Waals surface area (Å²) in [5, 5.41) is 3.33. The average Bonchev–Trinajstić information content (AvgIpc) is 2.43. The van der Waals surface area contributed by atoms with E-state index in [1.54, 1.807) is 7.11 Å². The van der Waals surface area contributed by atoms with Gasteiger partial charge in [0.2, 0.25) is 5.91 Å². The van der Waals surface area contributed by atoms with Crippen molar-refractivity contribution in [2.75, 3.05) is 38.3 Å². The Balaban J connectivity index is 2.63. The Morgan fingerprint density at radius 1 is 1.50 bits per heavy atom. The van der Waals surface area contributed by atoms with Gasteiger partial charge >= 0.3 is 0 Å². The highest BCUT2D eigenvalue weighted by Crippen LogP contribution is 2.15. The Bertz CT molecular complexity index is 241. The number of carbonyl (C=O) groups is 1. The molecular weight excluding hydrogens is 248 g/mol. The lowest BCUT2D eigenvalue weighted by atomic mass is 10.1. The van der Waals surface area contributed by atoms with E-state index in [-0.39, 0.29) is 11.9 Å². The standard InChI is InChI=1S/C13H26N2O2S/c1-4-11(5-2)15(7-8-17-3)13(16)12-10-18-9-6-14-12/h11-12,14H,4-10H2,1-3H3. The molecule has 1 aliphatic rings. The number of nitrogens with one attached hydrogen (secondary N) is 1. The fourth-order valence-electron chi connectivity index (χ4n) is 2.32. The van der Waals surface area contributed by atoms with Gasteiger partial charge in [-0.1, -0.05) is 13.8 Å². The molecule has 0 spiro atoms. The normalized spacial score (nSPS) is 20.1. The summed E-state index contributed by atoms with van der Waals surface area (Å²) in [5.41, 5.74) is 0. The van der Waals surface area contributed by atoms with Gasteiger partial charge in [0.15, 0.2) is 0 Å². The second-order valence-electron chi connectivity index (χ2n) is 4.58. The van der Waals surface area contributed by atoms with E-state index < -0.39 is 0 Å². The molecule has 0 aromatic heterocycles. The van der Waals surface area contributed by atoms with Gasteiger partial charge in [-0.3, -0.25) is 4.79 Å². The molecule has 1 N–H and O–H groups in total. The molecule has 5 heteroatoms. The average molecular weight is 274 g/mol. The number of rotatable bonds is 7. The van der Waals surface area contributed by atoms with Crippen LogP contribution in [0.2, 0.25) is 0 Å². The van der Waals surface area contributed by atoms with Crippen LogP contribution in [0.1, 0.15) is 26.7 Å². The lowest BCUT2D eigenvalue weighted by Gasteiger charge is -2.34. The van der Waals surface area contributed by atoms with E-state index in [4.69, 9.17) is 4.74 Å². The first-order chi connectivity index (χ1) is 8.74. The van der Waals surface area contributed by atoms with Crippen LogP contribution < -0.4 is 5.32 Å². The Hall–Kier alpha value is -0.260. The third kappa shape index (κ3) is 4.44. The number of amides is 1. The largest absolute Gasteiger partial charge is 0.383 e. The maximum atomic E-state index is 12.6. The second-order valence-corrected chi connectivity index (χ2v) is 5.73. The molecule has 0 aromatic rings. The van der Waals surface area contributed by atoms with Crippen LogP contribution in [0.5, 0.6) is 0 Å². The van der Waals surface area contributed by atoms with Crippen molar-refractivity contribution in [3.63, 3.8) is 0 Å². The van der Waals surface area contributed by atoms with Crippen molar-refractivity contribution in [2.45, 2.75) is 38.8 Å². The SMILES string of the molecule is CCC(CC)N(CCOC)C(=O)C1CSCCN1. The molecule has 1 heterocycles. The van der Waals surface area contributed by atoms with Crippen molar-refractivity contribution in [1.29, 1.82) is 0 Å². The second kappa shape index (κ2) is 8.77. The minimum Gasteiger partial charge on any atom is -0.383 e.